The van der Waals surface area contributed by atoms with Crippen LogP contribution >= 0.6 is 0 Å². The highest BCUT2D eigenvalue weighted by Gasteiger charge is 2.37. The molecular weight excluding hydrogens is 260 g/mol. The Hall–Kier alpha value is -0.343. The van der Waals surface area contributed by atoms with Gasteiger partial charge in [-0.3, -0.25) is 0 Å². The van der Waals surface area contributed by atoms with Crippen LogP contribution in [-0.2, 0) is 4.43 Å². The first-order valence-corrected chi connectivity index (χ1v) is 11.1. The zero-order valence-electron chi connectivity index (χ0n) is 14.3. The lowest BCUT2D eigenvalue weighted by atomic mass is 9.73. The average Bonchev–Trinajstić information content (AvgIpc) is 2.35. The summed E-state index contributed by atoms with van der Waals surface area (Å²) in [6, 6.07) is 0. The van der Waals surface area contributed by atoms with Crippen LogP contribution in [0.3, 0.4) is 0 Å². The molecule has 0 saturated carbocycles. The Bertz CT molecular complexity index is 338. The number of allylic oxidation sites excluding steroid dienone is 3. The predicted octanol–water partition coefficient (Wildman–Crippen LogP) is 6.09. The lowest BCUT2D eigenvalue weighted by molar-refractivity contribution is 0.234. The van der Waals surface area contributed by atoms with Gasteiger partial charge in [-0.15, -0.1) is 6.58 Å². The molecule has 0 fully saturated rings. The molecule has 1 nitrogen and oxygen atoms in total. The van der Waals surface area contributed by atoms with E-state index in [0.29, 0.717) is 10.5 Å². The highest BCUT2D eigenvalue weighted by molar-refractivity contribution is 6.74. The van der Waals surface area contributed by atoms with E-state index in [4.69, 9.17) is 4.43 Å². The fraction of sp³-hybridized carbons (Fsp3) is 0.778. The Labute approximate surface area is 127 Å². The molecule has 0 N–H and O–H groups in total. The molecule has 0 aromatic carbocycles. The molecule has 0 aromatic rings. The SMILES string of the molecule is C=CC[C@@]1(CCCO[Si](C)(C)C(C)(C)C)C=CCCC1. The molecule has 1 atom stereocenters. The molecule has 20 heavy (non-hydrogen) atoms. The molecule has 0 unspecified atom stereocenters. The van der Waals surface area contributed by atoms with Crippen molar-refractivity contribution in [1.82, 2.24) is 0 Å². The summed E-state index contributed by atoms with van der Waals surface area (Å²) in [6.07, 6.45) is 14.3. The summed E-state index contributed by atoms with van der Waals surface area (Å²) < 4.78 is 6.30. The highest BCUT2D eigenvalue weighted by atomic mass is 28.4. The topological polar surface area (TPSA) is 9.23 Å². The van der Waals surface area contributed by atoms with Crippen LogP contribution in [0.1, 0.15) is 59.3 Å². The lowest BCUT2D eigenvalue weighted by Crippen LogP contribution is -2.41. The maximum Gasteiger partial charge on any atom is 0.191 e. The summed E-state index contributed by atoms with van der Waals surface area (Å²) in [5.41, 5.74) is 0.372. The third-order valence-corrected chi connectivity index (χ3v) is 9.69. The zero-order chi connectivity index (χ0) is 15.3. The first-order valence-electron chi connectivity index (χ1n) is 8.15. The number of hydrogen-bond acceptors (Lipinski definition) is 1. The Kier molecular flexibility index (Phi) is 6.27. The first-order chi connectivity index (χ1) is 9.22. The Morgan fingerprint density at radius 2 is 2.05 bits per heavy atom. The van der Waals surface area contributed by atoms with Gasteiger partial charge >= 0.3 is 0 Å². The Morgan fingerprint density at radius 3 is 2.55 bits per heavy atom. The minimum absolute atomic E-state index is 0.316. The van der Waals surface area contributed by atoms with Gasteiger partial charge in [0.25, 0.3) is 0 Å². The smallest absolute Gasteiger partial charge is 0.191 e. The molecule has 116 valence electrons. The molecule has 0 radical (unpaired) electrons. The molecule has 0 aromatic heterocycles. The Morgan fingerprint density at radius 1 is 1.35 bits per heavy atom. The molecule has 1 rings (SSSR count). The van der Waals surface area contributed by atoms with Crippen molar-refractivity contribution in [3.05, 3.63) is 24.8 Å². The van der Waals surface area contributed by atoms with E-state index in [2.05, 4.69) is 58.7 Å². The van der Waals surface area contributed by atoms with Crippen molar-refractivity contribution in [3.63, 3.8) is 0 Å². The molecule has 0 amide bonds. The van der Waals surface area contributed by atoms with Crippen LogP contribution < -0.4 is 0 Å². The summed E-state index contributed by atoms with van der Waals surface area (Å²) in [6.45, 7) is 16.5. The second-order valence-electron chi connectivity index (χ2n) is 7.86. The second kappa shape index (κ2) is 7.08. The molecule has 1 aliphatic rings. The molecule has 2 heteroatoms. The zero-order valence-corrected chi connectivity index (χ0v) is 15.3. The van der Waals surface area contributed by atoms with E-state index in [-0.39, 0.29) is 0 Å². The molecular formula is C18H34OSi. The summed E-state index contributed by atoms with van der Waals surface area (Å²) >= 11 is 0. The van der Waals surface area contributed by atoms with Crippen LogP contribution in [0.5, 0.6) is 0 Å². The predicted molar refractivity (Wildman–Crippen MR) is 92.6 cm³/mol. The van der Waals surface area contributed by atoms with Gasteiger partial charge < -0.3 is 4.43 Å². The molecule has 0 saturated heterocycles. The van der Waals surface area contributed by atoms with Crippen molar-refractivity contribution < 1.29 is 4.43 Å². The first kappa shape index (κ1) is 17.7. The number of rotatable bonds is 7. The second-order valence-corrected chi connectivity index (χ2v) is 12.7. The van der Waals surface area contributed by atoms with Crippen molar-refractivity contribution in [2.45, 2.75) is 77.4 Å². The van der Waals surface area contributed by atoms with Crippen molar-refractivity contribution in [3.8, 4) is 0 Å². The van der Waals surface area contributed by atoms with Crippen molar-refractivity contribution in [2.75, 3.05) is 6.61 Å². The summed E-state index contributed by atoms with van der Waals surface area (Å²) in [7, 11) is -1.57. The van der Waals surface area contributed by atoms with Crippen LogP contribution in [0, 0.1) is 5.41 Å². The lowest BCUT2D eigenvalue weighted by Gasteiger charge is -2.37. The fourth-order valence-electron chi connectivity index (χ4n) is 2.72. The van der Waals surface area contributed by atoms with Gasteiger partial charge in [0, 0.05) is 6.61 Å². The van der Waals surface area contributed by atoms with Crippen LogP contribution in [0.4, 0.5) is 0 Å². The summed E-state index contributed by atoms with van der Waals surface area (Å²) in [5, 5.41) is 0.316. The van der Waals surface area contributed by atoms with E-state index < -0.39 is 8.32 Å². The molecule has 0 bridgehead atoms. The maximum atomic E-state index is 6.30. The Balaban J connectivity index is 2.44. The third kappa shape index (κ3) is 4.89. The van der Waals surface area contributed by atoms with Crippen molar-refractivity contribution in [1.29, 1.82) is 0 Å². The van der Waals surface area contributed by atoms with E-state index in [1.165, 1.54) is 32.1 Å². The van der Waals surface area contributed by atoms with Gasteiger partial charge in [0.2, 0.25) is 0 Å². The standard InChI is InChI=1S/C18H34OSi/c1-7-12-18(13-9-8-10-14-18)15-11-16-19-20(5,6)17(2,3)4/h7,9,13H,1,8,10-12,14-16H2,2-6H3/t18-/m1/s1. The van der Waals surface area contributed by atoms with Gasteiger partial charge in [-0.05, 0) is 62.1 Å². The fourth-order valence-corrected chi connectivity index (χ4v) is 3.81. The van der Waals surface area contributed by atoms with Crippen LogP contribution in [0.25, 0.3) is 0 Å². The molecule has 0 heterocycles. The molecule has 0 aliphatic heterocycles. The van der Waals surface area contributed by atoms with E-state index in [9.17, 15) is 0 Å². The van der Waals surface area contributed by atoms with Gasteiger partial charge in [0.15, 0.2) is 8.32 Å². The van der Waals surface area contributed by atoms with Crippen LogP contribution in [0.15, 0.2) is 24.8 Å². The van der Waals surface area contributed by atoms with Crippen LogP contribution in [-0.4, -0.2) is 14.9 Å². The highest BCUT2D eigenvalue weighted by Crippen LogP contribution is 2.40. The van der Waals surface area contributed by atoms with Gasteiger partial charge in [-0.1, -0.05) is 39.0 Å². The van der Waals surface area contributed by atoms with E-state index >= 15 is 0 Å². The monoisotopic (exact) mass is 294 g/mol. The van der Waals surface area contributed by atoms with E-state index in [1.54, 1.807) is 0 Å². The minimum atomic E-state index is -1.57. The summed E-state index contributed by atoms with van der Waals surface area (Å²) in [4.78, 5) is 0. The minimum Gasteiger partial charge on any atom is -0.417 e. The van der Waals surface area contributed by atoms with Gasteiger partial charge in [-0.2, -0.15) is 0 Å². The molecule has 1 aliphatic carbocycles. The normalized spacial score (nSPS) is 23.9. The quantitative estimate of drug-likeness (QED) is 0.313. The summed E-state index contributed by atoms with van der Waals surface area (Å²) in [5.74, 6) is 0. The largest absolute Gasteiger partial charge is 0.417 e. The van der Waals surface area contributed by atoms with Crippen molar-refractivity contribution in [2.24, 2.45) is 5.41 Å². The number of hydrogen-bond donors (Lipinski definition) is 0. The van der Waals surface area contributed by atoms with Gasteiger partial charge in [-0.25, -0.2) is 0 Å². The van der Waals surface area contributed by atoms with Gasteiger partial charge in [0.05, 0.1) is 0 Å². The van der Waals surface area contributed by atoms with Crippen LogP contribution in [0.2, 0.25) is 18.1 Å². The maximum absolute atomic E-state index is 6.30. The average molecular weight is 295 g/mol. The van der Waals surface area contributed by atoms with E-state index in [0.717, 1.165) is 13.0 Å². The van der Waals surface area contributed by atoms with Gasteiger partial charge in [0.1, 0.15) is 0 Å². The van der Waals surface area contributed by atoms with Crippen molar-refractivity contribution >= 4 is 8.32 Å². The molecule has 0 spiro atoms. The third-order valence-electron chi connectivity index (χ3n) is 5.16. The van der Waals surface area contributed by atoms with E-state index in [1.807, 2.05) is 0 Å².